The molecule has 64 valence electrons. The van der Waals surface area contributed by atoms with Crippen LogP contribution in [-0.2, 0) is 6.42 Å². The SMILES string of the molecule is CC1CCc2ccncc2C1S. The number of aromatic nitrogens is 1. The number of rotatable bonds is 0. The second kappa shape index (κ2) is 3.09. The van der Waals surface area contributed by atoms with Gasteiger partial charge in [0.25, 0.3) is 0 Å². The molecular formula is C10H13NS. The molecule has 2 rings (SSSR count). The standard InChI is InChI=1S/C10H13NS/c1-7-2-3-8-4-5-11-6-9(8)10(7)12/h4-7,10,12H,2-3H2,1H3. The van der Waals surface area contributed by atoms with Crippen molar-refractivity contribution in [2.45, 2.75) is 25.0 Å². The fourth-order valence-corrected chi connectivity index (χ4v) is 2.16. The maximum Gasteiger partial charge on any atom is 0.0313 e. The van der Waals surface area contributed by atoms with Crippen LogP contribution in [0, 0.1) is 5.92 Å². The molecule has 2 unspecified atom stereocenters. The van der Waals surface area contributed by atoms with Gasteiger partial charge in [-0.25, -0.2) is 0 Å². The lowest BCUT2D eigenvalue weighted by Crippen LogP contribution is -2.14. The van der Waals surface area contributed by atoms with Crippen LogP contribution in [0.2, 0.25) is 0 Å². The normalized spacial score (nSPS) is 28.2. The minimum atomic E-state index is 0.391. The van der Waals surface area contributed by atoms with Gasteiger partial charge in [0.1, 0.15) is 0 Å². The molecule has 1 aliphatic rings. The Balaban J connectivity index is 2.42. The van der Waals surface area contributed by atoms with Gasteiger partial charge in [0.15, 0.2) is 0 Å². The van der Waals surface area contributed by atoms with Gasteiger partial charge in [-0.2, -0.15) is 12.6 Å². The van der Waals surface area contributed by atoms with Crippen LogP contribution in [0.25, 0.3) is 0 Å². The van der Waals surface area contributed by atoms with Crippen molar-refractivity contribution >= 4 is 12.6 Å². The summed E-state index contributed by atoms with van der Waals surface area (Å²) in [5.74, 6) is 0.685. The number of hydrogen-bond acceptors (Lipinski definition) is 2. The Hall–Kier alpha value is -0.500. The predicted octanol–water partition coefficient (Wildman–Crippen LogP) is 2.63. The van der Waals surface area contributed by atoms with E-state index >= 15 is 0 Å². The third-order valence-electron chi connectivity index (χ3n) is 2.67. The zero-order chi connectivity index (χ0) is 8.55. The molecule has 1 aliphatic carbocycles. The average molecular weight is 179 g/mol. The molecule has 1 heterocycles. The summed E-state index contributed by atoms with van der Waals surface area (Å²) in [6, 6.07) is 2.12. The lowest BCUT2D eigenvalue weighted by molar-refractivity contribution is 0.492. The predicted molar refractivity (Wildman–Crippen MR) is 53.4 cm³/mol. The molecule has 1 nitrogen and oxygen atoms in total. The van der Waals surface area contributed by atoms with Crippen molar-refractivity contribution in [2.75, 3.05) is 0 Å². The Labute approximate surface area is 78.6 Å². The molecule has 0 N–H and O–H groups in total. The Morgan fingerprint density at radius 1 is 1.58 bits per heavy atom. The van der Waals surface area contributed by atoms with Gasteiger partial charge >= 0.3 is 0 Å². The molecule has 0 saturated heterocycles. The molecule has 1 aromatic heterocycles. The van der Waals surface area contributed by atoms with Crippen molar-refractivity contribution < 1.29 is 0 Å². The molecular weight excluding hydrogens is 166 g/mol. The summed E-state index contributed by atoms with van der Waals surface area (Å²) in [6.07, 6.45) is 6.28. The number of thiol groups is 1. The maximum atomic E-state index is 4.60. The van der Waals surface area contributed by atoms with Crippen molar-refractivity contribution in [1.29, 1.82) is 0 Å². The van der Waals surface area contributed by atoms with E-state index in [0.29, 0.717) is 11.2 Å². The van der Waals surface area contributed by atoms with Gasteiger partial charge in [0.05, 0.1) is 0 Å². The number of fused-ring (bicyclic) bond motifs is 1. The van der Waals surface area contributed by atoms with E-state index in [2.05, 4.69) is 30.6 Å². The van der Waals surface area contributed by atoms with Crippen LogP contribution >= 0.6 is 12.6 Å². The van der Waals surface area contributed by atoms with Gasteiger partial charge in [-0.15, -0.1) is 0 Å². The van der Waals surface area contributed by atoms with Crippen LogP contribution in [0.3, 0.4) is 0 Å². The smallest absolute Gasteiger partial charge is 0.0313 e. The highest BCUT2D eigenvalue weighted by Gasteiger charge is 2.22. The van der Waals surface area contributed by atoms with Gasteiger partial charge in [-0.3, -0.25) is 4.98 Å². The third kappa shape index (κ3) is 1.24. The molecule has 1 aromatic rings. The number of hydrogen-bond donors (Lipinski definition) is 1. The van der Waals surface area contributed by atoms with Crippen molar-refractivity contribution in [3.8, 4) is 0 Å². The Kier molecular flexibility index (Phi) is 2.09. The van der Waals surface area contributed by atoms with E-state index in [4.69, 9.17) is 0 Å². The first-order chi connectivity index (χ1) is 5.79. The minimum Gasteiger partial charge on any atom is -0.264 e. The van der Waals surface area contributed by atoms with E-state index < -0.39 is 0 Å². The Bertz CT molecular complexity index is 285. The summed E-state index contributed by atoms with van der Waals surface area (Å²) < 4.78 is 0. The molecule has 0 aliphatic heterocycles. The largest absolute Gasteiger partial charge is 0.264 e. The molecule has 0 aromatic carbocycles. The van der Waals surface area contributed by atoms with Gasteiger partial charge in [0.2, 0.25) is 0 Å². The monoisotopic (exact) mass is 179 g/mol. The fraction of sp³-hybridized carbons (Fsp3) is 0.500. The van der Waals surface area contributed by atoms with Crippen LogP contribution < -0.4 is 0 Å². The van der Waals surface area contributed by atoms with Crippen molar-refractivity contribution in [2.24, 2.45) is 5.92 Å². The van der Waals surface area contributed by atoms with Crippen LogP contribution in [-0.4, -0.2) is 4.98 Å². The second-order valence-corrected chi connectivity index (χ2v) is 4.09. The Morgan fingerprint density at radius 2 is 2.42 bits per heavy atom. The van der Waals surface area contributed by atoms with Crippen LogP contribution in [0.1, 0.15) is 29.7 Å². The molecule has 0 radical (unpaired) electrons. The quantitative estimate of drug-likeness (QED) is 0.604. The highest BCUT2D eigenvalue weighted by molar-refractivity contribution is 7.80. The summed E-state index contributed by atoms with van der Waals surface area (Å²) in [5, 5.41) is 0.391. The fourth-order valence-electron chi connectivity index (χ4n) is 1.78. The molecule has 2 atom stereocenters. The topological polar surface area (TPSA) is 12.9 Å². The summed E-state index contributed by atoms with van der Waals surface area (Å²) >= 11 is 4.60. The van der Waals surface area contributed by atoms with E-state index in [1.807, 2.05) is 12.4 Å². The zero-order valence-electron chi connectivity index (χ0n) is 7.20. The third-order valence-corrected chi connectivity index (χ3v) is 3.46. The first kappa shape index (κ1) is 8.11. The summed E-state index contributed by atoms with van der Waals surface area (Å²) in [7, 11) is 0. The first-order valence-corrected chi connectivity index (χ1v) is 4.91. The van der Waals surface area contributed by atoms with Crippen molar-refractivity contribution in [1.82, 2.24) is 4.98 Å². The molecule has 0 fully saturated rings. The van der Waals surface area contributed by atoms with Gasteiger partial charge in [0, 0.05) is 17.6 Å². The molecule has 0 saturated carbocycles. The van der Waals surface area contributed by atoms with E-state index in [-0.39, 0.29) is 0 Å². The molecule has 0 spiro atoms. The van der Waals surface area contributed by atoms with E-state index in [1.54, 1.807) is 0 Å². The summed E-state index contributed by atoms with van der Waals surface area (Å²) in [5.41, 5.74) is 2.77. The number of pyridine rings is 1. The van der Waals surface area contributed by atoms with Crippen LogP contribution in [0.5, 0.6) is 0 Å². The molecule has 0 amide bonds. The highest BCUT2D eigenvalue weighted by Crippen LogP contribution is 2.37. The molecule has 12 heavy (non-hydrogen) atoms. The summed E-state index contributed by atoms with van der Waals surface area (Å²) in [4.78, 5) is 4.13. The van der Waals surface area contributed by atoms with Crippen LogP contribution in [0.4, 0.5) is 0 Å². The Morgan fingerprint density at radius 3 is 3.25 bits per heavy atom. The number of aryl methyl sites for hydroxylation is 1. The van der Waals surface area contributed by atoms with E-state index in [9.17, 15) is 0 Å². The lowest BCUT2D eigenvalue weighted by atomic mass is 9.86. The first-order valence-electron chi connectivity index (χ1n) is 4.40. The van der Waals surface area contributed by atoms with Gasteiger partial charge in [-0.05, 0) is 36.0 Å². The van der Waals surface area contributed by atoms with Gasteiger partial charge < -0.3 is 0 Å². The second-order valence-electron chi connectivity index (χ2n) is 3.54. The zero-order valence-corrected chi connectivity index (χ0v) is 8.09. The van der Waals surface area contributed by atoms with Gasteiger partial charge in [-0.1, -0.05) is 6.92 Å². The highest BCUT2D eigenvalue weighted by atomic mass is 32.1. The average Bonchev–Trinajstić information content (AvgIpc) is 2.12. The summed E-state index contributed by atoms with van der Waals surface area (Å²) in [6.45, 7) is 2.26. The van der Waals surface area contributed by atoms with Crippen molar-refractivity contribution in [3.05, 3.63) is 29.6 Å². The molecule has 0 bridgehead atoms. The lowest BCUT2D eigenvalue weighted by Gasteiger charge is -2.26. The van der Waals surface area contributed by atoms with Crippen LogP contribution in [0.15, 0.2) is 18.5 Å². The molecule has 2 heteroatoms. The minimum absolute atomic E-state index is 0.391. The van der Waals surface area contributed by atoms with Crippen molar-refractivity contribution in [3.63, 3.8) is 0 Å². The number of nitrogens with zero attached hydrogens (tertiary/aromatic N) is 1. The van der Waals surface area contributed by atoms with E-state index in [1.165, 1.54) is 24.0 Å². The maximum absolute atomic E-state index is 4.60. The van der Waals surface area contributed by atoms with E-state index in [0.717, 1.165) is 0 Å².